The number of carbonyl (C=O) groups excluding carboxylic acids is 1. The van der Waals surface area contributed by atoms with Crippen molar-refractivity contribution >= 4 is 17.2 Å². The van der Waals surface area contributed by atoms with Crippen LogP contribution in [0.5, 0.6) is 0 Å². The minimum Gasteiger partial charge on any atom is -0.333 e. The predicted octanol–water partition coefficient (Wildman–Crippen LogP) is 2.32. The van der Waals surface area contributed by atoms with Gasteiger partial charge in [-0.1, -0.05) is 0 Å². The molecule has 1 aliphatic heterocycles. The molecule has 2 heterocycles. The highest BCUT2D eigenvalue weighted by atomic mass is 32.1. The topological polar surface area (TPSA) is 46.3 Å². The molecule has 3 rings (SSSR count). The average molecular weight is 264 g/mol. The summed E-state index contributed by atoms with van der Waals surface area (Å²) in [5.41, 5.74) is 6.62. The summed E-state index contributed by atoms with van der Waals surface area (Å²) < 4.78 is 0. The normalized spacial score (nSPS) is 23.9. The van der Waals surface area contributed by atoms with Crippen LogP contribution in [0.25, 0.3) is 0 Å². The van der Waals surface area contributed by atoms with Gasteiger partial charge in [0, 0.05) is 11.4 Å². The molecule has 1 fully saturated rings. The molecule has 1 saturated carbocycles. The lowest BCUT2D eigenvalue weighted by Crippen LogP contribution is -2.54. The first-order valence-corrected chi connectivity index (χ1v) is 7.52. The fourth-order valence-electron chi connectivity index (χ4n) is 2.86. The number of nitrogens with zero attached hydrogens (tertiary/aromatic N) is 1. The van der Waals surface area contributed by atoms with E-state index in [1.165, 1.54) is 23.3 Å². The molecule has 1 aromatic rings. The minimum atomic E-state index is -0.763. The van der Waals surface area contributed by atoms with Gasteiger partial charge < -0.3 is 10.6 Å². The van der Waals surface area contributed by atoms with E-state index in [-0.39, 0.29) is 11.9 Å². The second-order valence-corrected chi connectivity index (χ2v) is 7.05. The van der Waals surface area contributed by atoms with Gasteiger partial charge in [-0.3, -0.25) is 4.79 Å². The van der Waals surface area contributed by atoms with Crippen molar-refractivity contribution in [3.8, 4) is 0 Å². The number of carbonyl (C=O) groups is 1. The summed E-state index contributed by atoms with van der Waals surface area (Å²) in [6, 6.07) is 2.49. The lowest BCUT2D eigenvalue weighted by molar-refractivity contribution is -0.139. The molecule has 98 valence electrons. The zero-order valence-electron chi connectivity index (χ0n) is 11.0. The molecule has 0 bridgehead atoms. The maximum Gasteiger partial charge on any atom is 0.242 e. The molecule has 4 heteroatoms. The van der Waals surface area contributed by atoms with Gasteiger partial charge in [0.1, 0.15) is 0 Å². The van der Waals surface area contributed by atoms with Gasteiger partial charge in [-0.05, 0) is 56.0 Å². The average Bonchev–Trinajstić information content (AvgIpc) is 3.02. The van der Waals surface area contributed by atoms with E-state index >= 15 is 0 Å². The largest absolute Gasteiger partial charge is 0.333 e. The number of hydrogen-bond acceptors (Lipinski definition) is 3. The Kier molecular flexibility index (Phi) is 2.75. The zero-order valence-corrected chi connectivity index (χ0v) is 11.8. The van der Waals surface area contributed by atoms with Gasteiger partial charge in [-0.25, -0.2) is 0 Å². The lowest BCUT2D eigenvalue weighted by Gasteiger charge is -2.39. The third-order valence-electron chi connectivity index (χ3n) is 3.89. The van der Waals surface area contributed by atoms with Crippen LogP contribution in [0.2, 0.25) is 0 Å². The van der Waals surface area contributed by atoms with E-state index in [9.17, 15) is 4.79 Å². The Morgan fingerprint density at radius 1 is 1.50 bits per heavy atom. The maximum absolute atomic E-state index is 12.5. The highest BCUT2D eigenvalue weighted by Gasteiger charge is 2.44. The van der Waals surface area contributed by atoms with E-state index in [2.05, 4.69) is 11.4 Å². The SMILES string of the molecule is CC(C)(N)C(=O)N1CCc2sccc2C1C1CC1. The fraction of sp³-hybridized carbons (Fsp3) is 0.643. The molecular formula is C14H20N2OS. The molecule has 18 heavy (non-hydrogen) atoms. The van der Waals surface area contributed by atoms with Crippen LogP contribution >= 0.6 is 11.3 Å². The van der Waals surface area contributed by atoms with E-state index in [0.29, 0.717) is 5.92 Å². The minimum absolute atomic E-state index is 0.0938. The third kappa shape index (κ3) is 1.97. The van der Waals surface area contributed by atoms with Gasteiger partial charge in [-0.2, -0.15) is 0 Å². The van der Waals surface area contributed by atoms with Gasteiger partial charge in [0.15, 0.2) is 0 Å². The van der Waals surface area contributed by atoms with Crippen molar-refractivity contribution in [3.05, 3.63) is 21.9 Å². The maximum atomic E-state index is 12.5. The molecule has 0 saturated heterocycles. The number of rotatable bonds is 2. The number of nitrogens with two attached hydrogens (primary N) is 1. The molecule has 2 N–H and O–H groups in total. The molecule has 2 aliphatic rings. The van der Waals surface area contributed by atoms with Gasteiger partial charge in [0.25, 0.3) is 0 Å². The fourth-order valence-corrected chi connectivity index (χ4v) is 3.78. The molecule has 1 aromatic heterocycles. The lowest BCUT2D eigenvalue weighted by atomic mass is 9.93. The van der Waals surface area contributed by atoms with Crippen LogP contribution in [0.3, 0.4) is 0 Å². The summed E-state index contributed by atoms with van der Waals surface area (Å²) >= 11 is 1.83. The first-order valence-electron chi connectivity index (χ1n) is 6.64. The van der Waals surface area contributed by atoms with Crippen molar-refractivity contribution in [2.45, 2.75) is 44.7 Å². The van der Waals surface area contributed by atoms with Crippen molar-refractivity contribution < 1.29 is 4.79 Å². The Bertz CT molecular complexity index is 470. The van der Waals surface area contributed by atoms with Crippen LogP contribution in [0.1, 0.15) is 43.2 Å². The summed E-state index contributed by atoms with van der Waals surface area (Å²) in [6.07, 6.45) is 3.47. The number of hydrogen-bond donors (Lipinski definition) is 1. The van der Waals surface area contributed by atoms with Gasteiger partial charge in [0.2, 0.25) is 5.91 Å². The predicted molar refractivity (Wildman–Crippen MR) is 73.5 cm³/mol. The molecule has 3 nitrogen and oxygen atoms in total. The van der Waals surface area contributed by atoms with Crippen LogP contribution in [-0.2, 0) is 11.2 Å². The third-order valence-corrected chi connectivity index (χ3v) is 4.89. The molecule has 0 aromatic carbocycles. The Balaban J connectivity index is 1.94. The second-order valence-electron chi connectivity index (χ2n) is 6.05. The number of thiophene rings is 1. The van der Waals surface area contributed by atoms with Crippen LogP contribution in [0, 0.1) is 5.92 Å². The zero-order chi connectivity index (χ0) is 12.9. The Morgan fingerprint density at radius 2 is 2.22 bits per heavy atom. The number of fused-ring (bicyclic) bond motifs is 1. The van der Waals surface area contributed by atoms with Crippen molar-refractivity contribution in [3.63, 3.8) is 0 Å². The van der Waals surface area contributed by atoms with E-state index in [4.69, 9.17) is 5.73 Å². The van der Waals surface area contributed by atoms with Crippen LogP contribution in [0.4, 0.5) is 0 Å². The van der Waals surface area contributed by atoms with E-state index < -0.39 is 5.54 Å². The van der Waals surface area contributed by atoms with E-state index in [1.807, 2.05) is 30.1 Å². The van der Waals surface area contributed by atoms with E-state index in [0.717, 1.165) is 13.0 Å². The summed E-state index contributed by atoms with van der Waals surface area (Å²) in [5.74, 6) is 0.751. The molecule has 1 amide bonds. The first kappa shape index (κ1) is 12.2. The number of amides is 1. The van der Waals surface area contributed by atoms with Gasteiger partial charge in [-0.15, -0.1) is 11.3 Å². The quantitative estimate of drug-likeness (QED) is 0.891. The van der Waals surface area contributed by atoms with Crippen molar-refractivity contribution in [1.29, 1.82) is 0 Å². The smallest absolute Gasteiger partial charge is 0.242 e. The Labute approximate surface area is 112 Å². The summed E-state index contributed by atoms with van der Waals surface area (Å²) in [6.45, 7) is 4.44. The second kappa shape index (κ2) is 4.07. The monoisotopic (exact) mass is 264 g/mol. The molecule has 0 radical (unpaired) electrons. The molecular weight excluding hydrogens is 244 g/mol. The Hall–Kier alpha value is -0.870. The van der Waals surface area contributed by atoms with Crippen molar-refractivity contribution in [1.82, 2.24) is 4.90 Å². The summed E-state index contributed by atoms with van der Waals surface area (Å²) in [7, 11) is 0. The van der Waals surface area contributed by atoms with E-state index in [1.54, 1.807) is 0 Å². The van der Waals surface area contributed by atoms with Gasteiger partial charge >= 0.3 is 0 Å². The molecule has 1 aliphatic carbocycles. The Morgan fingerprint density at radius 3 is 2.83 bits per heavy atom. The highest BCUT2D eigenvalue weighted by Crippen LogP contribution is 2.48. The first-order chi connectivity index (χ1) is 8.48. The van der Waals surface area contributed by atoms with Crippen molar-refractivity contribution in [2.75, 3.05) is 6.54 Å². The standard InChI is InChI=1S/C14H20N2OS/c1-14(2,15)13(17)16-7-5-11-10(6-8-18-11)12(16)9-3-4-9/h6,8-9,12H,3-5,7,15H2,1-2H3. The highest BCUT2D eigenvalue weighted by molar-refractivity contribution is 7.10. The molecule has 1 atom stereocenters. The van der Waals surface area contributed by atoms with Crippen LogP contribution < -0.4 is 5.73 Å². The van der Waals surface area contributed by atoms with Crippen molar-refractivity contribution in [2.24, 2.45) is 11.7 Å². The summed E-state index contributed by atoms with van der Waals surface area (Å²) in [5, 5.41) is 2.15. The summed E-state index contributed by atoms with van der Waals surface area (Å²) in [4.78, 5) is 16.0. The molecule has 0 spiro atoms. The van der Waals surface area contributed by atoms with Crippen LogP contribution in [-0.4, -0.2) is 22.9 Å². The molecule has 1 unspecified atom stereocenters. The van der Waals surface area contributed by atoms with Crippen LogP contribution in [0.15, 0.2) is 11.4 Å². The van der Waals surface area contributed by atoms with Gasteiger partial charge in [0.05, 0.1) is 11.6 Å².